The molecule has 0 spiro atoms. The number of H-pyrrole nitrogens is 1. The summed E-state index contributed by atoms with van der Waals surface area (Å²) in [4.78, 5) is 7.80. The van der Waals surface area contributed by atoms with Crippen molar-refractivity contribution in [2.75, 3.05) is 7.11 Å². The van der Waals surface area contributed by atoms with Crippen molar-refractivity contribution in [3.05, 3.63) is 48.2 Å². The second kappa shape index (κ2) is 4.98. The molecule has 2 heterocycles. The molecule has 0 unspecified atom stereocenters. The summed E-state index contributed by atoms with van der Waals surface area (Å²) in [6.07, 6.45) is -0.570. The Labute approximate surface area is 117 Å². The highest BCUT2D eigenvalue weighted by atomic mass is 16.5. The van der Waals surface area contributed by atoms with Crippen molar-refractivity contribution in [2.24, 2.45) is 0 Å². The summed E-state index contributed by atoms with van der Waals surface area (Å²) in [5.74, 6) is 0.816. The lowest BCUT2D eigenvalue weighted by Crippen LogP contribution is -1.96. The number of rotatable bonds is 3. The quantitative estimate of drug-likeness (QED) is 0.766. The molecule has 0 saturated heterocycles. The highest BCUT2D eigenvalue weighted by molar-refractivity contribution is 5.86. The van der Waals surface area contributed by atoms with Crippen LogP contribution in [0.25, 0.3) is 22.3 Å². The van der Waals surface area contributed by atoms with Gasteiger partial charge in [-0.1, -0.05) is 6.07 Å². The minimum Gasteiger partial charge on any atom is -0.497 e. The average molecular weight is 268 g/mol. The number of aromatic amines is 1. The molecule has 0 fully saturated rings. The molecule has 102 valence electrons. The molecular formula is C16H16N2O2. The van der Waals surface area contributed by atoms with E-state index in [2.05, 4.69) is 9.97 Å². The van der Waals surface area contributed by atoms with E-state index in [-0.39, 0.29) is 0 Å². The first-order valence-corrected chi connectivity index (χ1v) is 6.49. The van der Waals surface area contributed by atoms with Gasteiger partial charge in [-0.3, -0.25) is 0 Å². The van der Waals surface area contributed by atoms with Crippen LogP contribution < -0.4 is 4.74 Å². The van der Waals surface area contributed by atoms with E-state index < -0.39 is 6.10 Å². The minimum absolute atomic E-state index is 0.570. The monoisotopic (exact) mass is 268 g/mol. The number of methoxy groups -OCH3 is 1. The van der Waals surface area contributed by atoms with Crippen LogP contribution in [0.4, 0.5) is 0 Å². The van der Waals surface area contributed by atoms with Gasteiger partial charge in [-0.15, -0.1) is 0 Å². The zero-order valence-electron chi connectivity index (χ0n) is 11.4. The van der Waals surface area contributed by atoms with E-state index in [0.717, 1.165) is 28.0 Å². The maximum Gasteiger partial charge on any atom is 0.120 e. The smallest absolute Gasteiger partial charge is 0.120 e. The highest BCUT2D eigenvalue weighted by Gasteiger charge is 2.08. The van der Waals surface area contributed by atoms with Gasteiger partial charge in [0.25, 0.3) is 0 Å². The number of nitrogens with zero attached hydrogens (tertiary/aromatic N) is 1. The Morgan fingerprint density at radius 3 is 2.80 bits per heavy atom. The number of hydrogen-bond donors (Lipinski definition) is 2. The normalized spacial score (nSPS) is 12.6. The minimum atomic E-state index is -0.570. The fourth-order valence-corrected chi connectivity index (χ4v) is 2.21. The fourth-order valence-electron chi connectivity index (χ4n) is 2.21. The molecule has 0 aliphatic carbocycles. The third-order valence-corrected chi connectivity index (χ3v) is 3.30. The van der Waals surface area contributed by atoms with Gasteiger partial charge in [-0.2, -0.15) is 0 Å². The van der Waals surface area contributed by atoms with Gasteiger partial charge in [0.2, 0.25) is 0 Å². The predicted molar refractivity (Wildman–Crippen MR) is 78.7 cm³/mol. The van der Waals surface area contributed by atoms with Gasteiger partial charge in [0.15, 0.2) is 0 Å². The molecule has 4 heteroatoms. The maximum absolute atomic E-state index is 9.61. The van der Waals surface area contributed by atoms with E-state index in [4.69, 9.17) is 4.74 Å². The van der Waals surface area contributed by atoms with Crippen LogP contribution in [0.2, 0.25) is 0 Å². The SMILES string of the molecule is COc1ccc2cc(-c3cccc([C@H](C)O)n3)[nH]c2c1. The van der Waals surface area contributed by atoms with Crippen LogP contribution in [0.3, 0.4) is 0 Å². The first-order chi connectivity index (χ1) is 9.67. The molecule has 3 rings (SSSR count). The second-order valence-electron chi connectivity index (χ2n) is 4.76. The molecule has 1 atom stereocenters. The molecule has 4 nitrogen and oxygen atoms in total. The van der Waals surface area contributed by atoms with Crippen LogP contribution in [-0.2, 0) is 0 Å². The first kappa shape index (κ1) is 12.7. The molecule has 0 amide bonds. The van der Waals surface area contributed by atoms with E-state index in [9.17, 15) is 5.11 Å². The zero-order chi connectivity index (χ0) is 14.1. The topological polar surface area (TPSA) is 58.1 Å². The lowest BCUT2D eigenvalue weighted by Gasteiger charge is -2.05. The number of hydrogen-bond acceptors (Lipinski definition) is 3. The Bertz CT molecular complexity index is 747. The van der Waals surface area contributed by atoms with E-state index in [1.54, 1.807) is 14.0 Å². The average Bonchev–Trinajstić information content (AvgIpc) is 2.90. The van der Waals surface area contributed by atoms with Gasteiger partial charge in [0.1, 0.15) is 5.75 Å². The Balaban J connectivity index is 2.07. The lowest BCUT2D eigenvalue weighted by molar-refractivity contribution is 0.194. The van der Waals surface area contributed by atoms with Crippen LogP contribution >= 0.6 is 0 Å². The molecule has 0 aliphatic heterocycles. The number of aromatic nitrogens is 2. The number of aliphatic hydroxyl groups excluding tert-OH is 1. The molecule has 20 heavy (non-hydrogen) atoms. The van der Waals surface area contributed by atoms with Crippen molar-refractivity contribution in [3.8, 4) is 17.1 Å². The van der Waals surface area contributed by atoms with Crippen LogP contribution in [0, 0.1) is 0 Å². The van der Waals surface area contributed by atoms with E-state index in [1.165, 1.54) is 0 Å². The molecule has 1 aromatic carbocycles. The molecule has 0 radical (unpaired) electrons. The van der Waals surface area contributed by atoms with Crippen molar-refractivity contribution < 1.29 is 9.84 Å². The Hall–Kier alpha value is -2.33. The highest BCUT2D eigenvalue weighted by Crippen LogP contribution is 2.26. The molecule has 0 bridgehead atoms. The van der Waals surface area contributed by atoms with Crippen molar-refractivity contribution in [3.63, 3.8) is 0 Å². The largest absolute Gasteiger partial charge is 0.497 e. The van der Waals surface area contributed by atoms with E-state index in [1.807, 2.05) is 42.5 Å². The molecular weight excluding hydrogens is 252 g/mol. The van der Waals surface area contributed by atoms with Crippen molar-refractivity contribution >= 4 is 10.9 Å². The predicted octanol–water partition coefficient (Wildman–Crippen LogP) is 3.29. The number of ether oxygens (including phenoxy) is 1. The van der Waals surface area contributed by atoms with E-state index >= 15 is 0 Å². The number of aliphatic hydroxyl groups is 1. The van der Waals surface area contributed by atoms with Crippen LogP contribution in [0.1, 0.15) is 18.7 Å². The molecule has 3 aromatic rings. The standard InChI is InChI=1S/C16H16N2O2/c1-10(19)13-4-3-5-14(17-13)16-8-11-6-7-12(20-2)9-15(11)18-16/h3-10,18-19H,1-2H3/t10-/m0/s1. The van der Waals surface area contributed by atoms with Gasteiger partial charge in [0.05, 0.1) is 30.3 Å². The van der Waals surface area contributed by atoms with Crippen LogP contribution in [0.15, 0.2) is 42.5 Å². The first-order valence-electron chi connectivity index (χ1n) is 6.49. The van der Waals surface area contributed by atoms with Gasteiger partial charge in [-0.25, -0.2) is 4.98 Å². The third-order valence-electron chi connectivity index (χ3n) is 3.30. The number of fused-ring (bicyclic) bond motifs is 1. The molecule has 2 aromatic heterocycles. The maximum atomic E-state index is 9.61. The Morgan fingerprint density at radius 1 is 1.20 bits per heavy atom. The molecule has 0 aliphatic rings. The van der Waals surface area contributed by atoms with Gasteiger partial charge in [-0.05, 0) is 37.3 Å². The third kappa shape index (κ3) is 2.26. The van der Waals surface area contributed by atoms with Crippen LogP contribution in [0.5, 0.6) is 5.75 Å². The summed E-state index contributed by atoms with van der Waals surface area (Å²) in [6, 6.07) is 13.6. The zero-order valence-corrected chi connectivity index (χ0v) is 11.4. The Kier molecular flexibility index (Phi) is 3.16. The summed E-state index contributed by atoms with van der Waals surface area (Å²) in [5, 5.41) is 10.7. The van der Waals surface area contributed by atoms with Crippen molar-refractivity contribution in [1.29, 1.82) is 0 Å². The Morgan fingerprint density at radius 2 is 2.05 bits per heavy atom. The van der Waals surface area contributed by atoms with Gasteiger partial charge >= 0.3 is 0 Å². The number of benzene rings is 1. The van der Waals surface area contributed by atoms with E-state index in [0.29, 0.717) is 5.69 Å². The summed E-state index contributed by atoms with van der Waals surface area (Å²) >= 11 is 0. The number of pyridine rings is 1. The van der Waals surface area contributed by atoms with Crippen molar-refractivity contribution in [1.82, 2.24) is 9.97 Å². The van der Waals surface area contributed by atoms with Gasteiger partial charge < -0.3 is 14.8 Å². The molecule has 2 N–H and O–H groups in total. The fraction of sp³-hybridized carbons (Fsp3) is 0.188. The lowest BCUT2D eigenvalue weighted by atomic mass is 10.2. The van der Waals surface area contributed by atoms with Crippen molar-refractivity contribution in [2.45, 2.75) is 13.0 Å². The summed E-state index contributed by atoms with van der Waals surface area (Å²) in [5.41, 5.74) is 3.41. The summed E-state index contributed by atoms with van der Waals surface area (Å²) in [7, 11) is 1.65. The van der Waals surface area contributed by atoms with Gasteiger partial charge in [0, 0.05) is 17.0 Å². The van der Waals surface area contributed by atoms with Crippen LogP contribution in [-0.4, -0.2) is 22.2 Å². The molecule has 0 saturated carbocycles. The second-order valence-corrected chi connectivity index (χ2v) is 4.76. The summed E-state index contributed by atoms with van der Waals surface area (Å²) in [6.45, 7) is 1.71. The number of nitrogens with one attached hydrogen (secondary N) is 1. The summed E-state index contributed by atoms with van der Waals surface area (Å²) < 4.78 is 5.22.